The minimum Gasteiger partial charge on any atom is -0.490 e. The number of rotatable bonds is 8. The SMILES string of the molecule is Cc1cc(C(C(=O)N2CC(O)CC2C(=O)NCc2ccc(Br)cc2OC2CCNCC2)C(C)C)on1. The normalized spacial score (nSPS) is 21.6. The van der Waals surface area contributed by atoms with Gasteiger partial charge in [-0.3, -0.25) is 9.59 Å². The van der Waals surface area contributed by atoms with Crippen LogP contribution in [-0.4, -0.2) is 64.9 Å². The zero-order valence-electron chi connectivity index (χ0n) is 21.0. The lowest BCUT2D eigenvalue weighted by molar-refractivity contribution is -0.141. The second-order valence-corrected chi connectivity index (χ2v) is 10.9. The number of aromatic nitrogens is 1. The molecule has 3 atom stereocenters. The van der Waals surface area contributed by atoms with Crippen molar-refractivity contribution in [3.63, 3.8) is 0 Å². The summed E-state index contributed by atoms with van der Waals surface area (Å²) in [4.78, 5) is 28.3. The van der Waals surface area contributed by atoms with E-state index in [0.717, 1.165) is 41.7 Å². The molecule has 36 heavy (non-hydrogen) atoms. The number of nitrogens with zero attached hydrogens (tertiary/aromatic N) is 2. The Bertz CT molecular complexity index is 1070. The molecule has 1 aromatic heterocycles. The number of hydrogen-bond donors (Lipinski definition) is 3. The molecule has 0 aliphatic carbocycles. The number of amides is 2. The van der Waals surface area contributed by atoms with Crippen LogP contribution < -0.4 is 15.4 Å². The highest BCUT2D eigenvalue weighted by atomic mass is 79.9. The summed E-state index contributed by atoms with van der Waals surface area (Å²) in [5.74, 6) is 0.0227. The molecule has 1 aromatic carbocycles. The summed E-state index contributed by atoms with van der Waals surface area (Å²) in [6.07, 6.45) is 1.41. The van der Waals surface area contributed by atoms with Crippen LogP contribution in [0.3, 0.4) is 0 Å². The minimum absolute atomic E-state index is 0.0660. The zero-order valence-corrected chi connectivity index (χ0v) is 22.6. The average molecular weight is 563 g/mol. The average Bonchev–Trinajstić information content (AvgIpc) is 3.44. The van der Waals surface area contributed by atoms with Crippen LogP contribution in [0.1, 0.15) is 56.0 Å². The van der Waals surface area contributed by atoms with Gasteiger partial charge < -0.3 is 29.9 Å². The first-order chi connectivity index (χ1) is 17.2. The highest BCUT2D eigenvalue weighted by Crippen LogP contribution is 2.31. The maximum atomic E-state index is 13.6. The first-order valence-corrected chi connectivity index (χ1v) is 13.4. The lowest BCUT2D eigenvalue weighted by Gasteiger charge is -2.29. The third kappa shape index (κ3) is 6.27. The van der Waals surface area contributed by atoms with Gasteiger partial charge >= 0.3 is 0 Å². The number of hydrogen-bond acceptors (Lipinski definition) is 7. The number of nitrogens with one attached hydrogen (secondary N) is 2. The molecule has 2 aliphatic rings. The largest absolute Gasteiger partial charge is 0.490 e. The molecule has 2 saturated heterocycles. The number of benzene rings is 1. The van der Waals surface area contributed by atoms with Gasteiger partial charge in [-0.1, -0.05) is 41.0 Å². The molecule has 10 heteroatoms. The fourth-order valence-electron chi connectivity index (χ4n) is 4.93. The third-order valence-corrected chi connectivity index (χ3v) is 7.31. The summed E-state index contributed by atoms with van der Waals surface area (Å²) in [5.41, 5.74) is 1.55. The summed E-state index contributed by atoms with van der Waals surface area (Å²) in [6.45, 7) is 7.87. The Morgan fingerprint density at radius 2 is 2.06 bits per heavy atom. The maximum absolute atomic E-state index is 13.6. The standard InChI is InChI=1S/C26H35BrN4O5/c1-15(2)24(23-10-16(3)30-36-23)26(34)31-14-19(32)12-21(31)25(33)29-13-17-4-5-18(27)11-22(17)35-20-6-8-28-9-7-20/h4-5,10-11,15,19-21,24,28,32H,6-9,12-14H2,1-3H3,(H,29,33). The molecule has 196 valence electrons. The molecule has 2 aromatic rings. The number of aliphatic hydroxyl groups excluding tert-OH is 1. The van der Waals surface area contributed by atoms with Gasteiger partial charge in [0.05, 0.1) is 11.8 Å². The molecule has 3 unspecified atom stereocenters. The number of likely N-dealkylation sites (tertiary alicyclic amines) is 1. The molecule has 2 amide bonds. The van der Waals surface area contributed by atoms with Gasteiger partial charge in [-0.15, -0.1) is 0 Å². The van der Waals surface area contributed by atoms with E-state index in [2.05, 4.69) is 31.7 Å². The lowest BCUT2D eigenvalue weighted by Crippen LogP contribution is -2.48. The second-order valence-electron chi connectivity index (χ2n) is 10.0. The number of piperidine rings is 1. The third-order valence-electron chi connectivity index (χ3n) is 6.81. The number of ether oxygens (including phenoxy) is 1. The zero-order chi connectivity index (χ0) is 25.8. The number of halogens is 1. The van der Waals surface area contributed by atoms with Gasteiger partial charge in [0.2, 0.25) is 11.8 Å². The molecule has 0 spiro atoms. The summed E-state index contributed by atoms with van der Waals surface area (Å²) >= 11 is 3.51. The van der Waals surface area contributed by atoms with Gasteiger partial charge in [-0.25, -0.2) is 0 Å². The molecule has 3 N–H and O–H groups in total. The van der Waals surface area contributed by atoms with E-state index in [0.29, 0.717) is 11.5 Å². The monoisotopic (exact) mass is 562 g/mol. The molecule has 4 rings (SSSR count). The Labute approximate surface area is 220 Å². The predicted molar refractivity (Wildman–Crippen MR) is 137 cm³/mol. The molecular formula is C26H35BrN4O5. The molecule has 2 aliphatic heterocycles. The summed E-state index contributed by atoms with van der Waals surface area (Å²) < 4.78 is 12.6. The number of carbonyl (C=O) groups excluding carboxylic acids is 2. The highest BCUT2D eigenvalue weighted by Gasteiger charge is 2.43. The highest BCUT2D eigenvalue weighted by molar-refractivity contribution is 9.10. The van der Waals surface area contributed by atoms with Crippen molar-refractivity contribution >= 4 is 27.7 Å². The van der Waals surface area contributed by atoms with Gasteiger partial charge in [0, 0.05) is 35.6 Å². The van der Waals surface area contributed by atoms with E-state index in [-0.39, 0.29) is 43.3 Å². The van der Waals surface area contributed by atoms with Crippen LogP contribution in [0.25, 0.3) is 0 Å². The van der Waals surface area contributed by atoms with Crippen molar-refractivity contribution in [2.75, 3.05) is 19.6 Å². The Hall–Kier alpha value is -2.43. The first-order valence-electron chi connectivity index (χ1n) is 12.6. The van der Waals surface area contributed by atoms with Gasteiger partial charge in [-0.05, 0) is 50.9 Å². The van der Waals surface area contributed by atoms with Gasteiger partial charge in [0.25, 0.3) is 0 Å². The maximum Gasteiger partial charge on any atom is 0.243 e. The second kappa shape index (κ2) is 11.7. The van der Waals surface area contributed by atoms with Crippen LogP contribution in [0.4, 0.5) is 0 Å². The lowest BCUT2D eigenvalue weighted by atomic mass is 9.91. The topological polar surface area (TPSA) is 117 Å². The van der Waals surface area contributed by atoms with Crippen LogP contribution in [-0.2, 0) is 16.1 Å². The van der Waals surface area contributed by atoms with Crippen molar-refractivity contribution in [3.8, 4) is 5.75 Å². The van der Waals surface area contributed by atoms with Crippen molar-refractivity contribution in [2.45, 2.75) is 70.7 Å². The molecule has 3 heterocycles. The van der Waals surface area contributed by atoms with Crippen LogP contribution in [0.2, 0.25) is 0 Å². The molecule has 0 bridgehead atoms. The molecule has 0 saturated carbocycles. The van der Waals surface area contributed by atoms with Crippen molar-refractivity contribution in [1.29, 1.82) is 0 Å². The van der Waals surface area contributed by atoms with E-state index in [4.69, 9.17) is 9.26 Å². The van der Waals surface area contributed by atoms with E-state index in [9.17, 15) is 14.7 Å². The van der Waals surface area contributed by atoms with E-state index in [1.807, 2.05) is 32.0 Å². The van der Waals surface area contributed by atoms with Crippen LogP contribution in [0, 0.1) is 12.8 Å². The smallest absolute Gasteiger partial charge is 0.243 e. The Kier molecular flexibility index (Phi) is 8.69. The predicted octanol–water partition coefficient (Wildman–Crippen LogP) is 2.89. The van der Waals surface area contributed by atoms with Gasteiger partial charge in [0.1, 0.15) is 29.6 Å². The Balaban J connectivity index is 1.45. The summed E-state index contributed by atoms with van der Waals surface area (Å²) in [5, 5.41) is 20.6. The van der Waals surface area contributed by atoms with Crippen molar-refractivity contribution in [2.24, 2.45) is 5.92 Å². The quantitative estimate of drug-likeness (QED) is 0.452. The van der Waals surface area contributed by atoms with E-state index >= 15 is 0 Å². The summed E-state index contributed by atoms with van der Waals surface area (Å²) in [6, 6.07) is 6.75. The van der Waals surface area contributed by atoms with Crippen molar-refractivity contribution < 1.29 is 24.0 Å². The van der Waals surface area contributed by atoms with E-state index < -0.39 is 18.1 Å². The van der Waals surface area contributed by atoms with Crippen molar-refractivity contribution in [1.82, 2.24) is 20.7 Å². The molecule has 9 nitrogen and oxygen atoms in total. The van der Waals surface area contributed by atoms with E-state index in [1.54, 1.807) is 13.0 Å². The molecular weight excluding hydrogens is 528 g/mol. The number of β-amino-alcohol motifs (C(OH)–C–C–N with tert-alkyl or cyclic N) is 1. The Morgan fingerprint density at radius 1 is 1.31 bits per heavy atom. The Morgan fingerprint density at radius 3 is 2.72 bits per heavy atom. The van der Waals surface area contributed by atoms with E-state index in [1.165, 1.54) is 4.90 Å². The number of aliphatic hydroxyl groups is 1. The number of aryl methyl sites for hydroxylation is 1. The van der Waals surface area contributed by atoms with Gasteiger partial charge in [-0.2, -0.15) is 0 Å². The van der Waals surface area contributed by atoms with Crippen LogP contribution in [0.15, 0.2) is 33.3 Å². The first kappa shape index (κ1) is 26.6. The number of carbonyl (C=O) groups is 2. The molecule has 0 radical (unpaired) electrons. The van der Waals surface area contributed by atoms with Crippen LogP contribution >= 0.6 is 15.9 Å². The summed E-state index contributed by atoms with van der Waals surface area (Å²) in [7, 11) is 0. The van der Waals surface area contributed by atoms with Crippen LogP contribution in [0.5, 0.6) is 5.75 Å². The van der Waals surface area contributed by atoms with Gasteiger partial charge in [0.15, 0.2) is 0 Å². The van der Waals surface area contributed by atoms with Crippen molar-refractivity contribution in [3.05, 3.63) is 45.8 Å². The minimum atomic E-state index is -0.763. The fraction of sp³-hybridized carbons (Fsp3) is 0.577. The molecule has 2 fully saturated rings. The fourth-order valence-corrected chi connectivity index (χ4v) is 5.27.